The molecule has 1 aromatic heterocycles. The average Bonchev–Trinajstić information content (AvgIpc) is 3.13. The van der Waals surface area contributed by atoms with Crippen molar-refractivity contribution in [1.82, 2.24) is 15.5 Å². The molecule has 1 unspecified atom stereocenters. The Bertz CT molecular complexity index is 654. The van der Waals surface area contributed by atoms with Crippen LogP contribution < -0.4 is 10.6 Å². The van der Waals surface area contributed by atoms with E-state index in [-0.39, 0.29) is 11.7 Å². The van der Waals surface area contributed by atoms with Gasteiger partial charge in [0.25, 0.3) is 5.91 Å². The van der Waals surface area contributed by atoms with E-state index in [4.69, 9.17) is 4.42 Å². The molecule has 0 bridgehead atoms. The van der Waals surface area contributed by atoms with Crippen molar-refractivity contribution in [3.05, 3.63) is 60.1 Å². The minimum atomic E-state index is -0.653. The topological polar surface area (TPSA) is 74.6 Å². The predicted octanol–water partition coefficient (Wildman–Crippen LogP) is 1.69. The van der Waals surface area contributed by atoms with Crippen molar-refractivity contribution < 1.29 is 14.0 Å². The molecule has 0 radical (unpaired) electrons. The zero-order valence-corrected chi connectivity index (χ0v) is 14.7. The Hall–Kier alpha value is -2.60. The van der Waals surface area contributed by atoms with Crippen LogP contribution in [0.25, 0.3) is 0 Å². The van der Waals surface area contributed by atoms with Crippen LogP contribution in [-0.2, 0) is 11.2 Å². The van der Waals surface area contributed by atoms with Crippen LogP contribution in [0, 0.1) is 0 Å². The first-order valence-corrected chi connectivity index (χ1v) is 8.37. The van der Waals surface area contributed by atoms with Crippen LogP contribution >= 0.6 is 0 Å². The number of carbonyl (C=O) groups excluding carboxylic acids is 2. The normalized spacial score (nSPS) is 12.0. The first-order chi connectivity index (χ1) is 12.1. The summed E-state index contributed by atoms with van der Waals surface area (Å²) >= 11 is 0. The number of furan rings is 1. The molecule has 6 nitrogen and oxygen atoms in total. The Morgan fingerprint density at radius 1 is 1.12 bits per heavy atom. The fraction of sp³-hybridized carbons (Fsp3) is 0.368. The summed E-state index contributed by atoms with van der Waals surface area (Å²) < 4.78 is 5.10. The van der Waals surface area contributed by atoms with E-state index in [2.05, 4.69) is 15.5 Å². The molecular weight excluding hydrogens is 318 g/mol. The largest absolute Gasteiger partial charge is 0.459 e. The van der Waals surface area contributed by atoms with Crippen LogP contribution in [0.2, 0.25) is 0 Å². The highest BCUT2D eigenvalue weighted by Crippen LogP contribution is 2.06. The van der Waals surface area contributed by atoms with E-state index in [9.17, 15) is 9.59 Å². The van der Waals surface area contributed by atoms with Crippen molar-refractivity contribution in [2.24, 2.45) is 0 Å². The van der Waals surface area contributed by atoms with E-state index in [0.717, 1.165) is 18.5 Å². The summed E-state index contributed by atoms with van der Waals surface area (Å²) in [6.07, 6.45) is 2.71. The van der Waals surface area contributed by atoms with E-state index < -0.39 is 11.9 Å². The van der Waals surface area contributed by atoms with E-state index >= 15 is 0 Å². The van der Waals surface area contributed by atoms with Gasteiger partial charge in [0.15, 0.2) is 5.76 Å². The third-order valence-electron chi connectivity index (χ3n) is 3.73. The minimum Gasteiger partial charge on any atom is -0.459 e. The summed E-state index contributed by atoms with van der Waals surface area (Å²) in [6.45, 7) is 1.46. The molecule has 2 N–H and O–H groups in total. The molecule has 1 heterocycles. The van der Waals surface area contributed by atoms with Crippen LogP contribution in [0.1, 0.15) is 22.5 Å². The second-order valence-corrected chi connectivity index (χ2v) is 6.14. The molecule has 0 spiro atoms. The van der Waals surface area contributed by atoms with Gasteiger partial charge in [-0.3, -0.25) is 9.59 Å². The van der Waals surface area contributed by atoms with Gasteiger partial charge in [-0.15, -0.1) is 0 Å². The average molecular weight is 343 g/mol. The number of amides is 2. The molecule has 134 valence electrons. The summed E-state index contributed by atoms with van der Waals surface area (Å²) in [5.41, 5.74) is 0.982. The van der Waals surface area contributed by atoms with Gasteiger partial charge in [0.05, 0.1) is 6.26 Å². The lowest BCUT2D eigenvalue weighted by Gasteiger charge is -2.18. The number of rotatable bonds is 9. The third-order valence-corrected chi connectivity index (χ3v) is 3.73. The molecule has 0 saturated heterocycles. The molecule has 25 heavy (non-hydrogen) atoms. The van der Waals surface area contributed by atoms with Crippen molar-refractivity contribution in [3.8, 4) is 0 Å². The highest BCUT2D eigenvalue weighted by molar-refractivity contribution is 5.95. The van der Waals surface area contributed by atoms with Crippen LogP contribution in [0.5, 0.6) is 0 Å². The molecule has 0 saturated carbocycles. The SMILES string of the molecule is CN(C)CCCNC(=O)C(Cc1ccccc1)NC(=O)c1ccco1. The Morgan fingerprint density at radius 2 is 1.88 bits per heavy atom. The van der Waals surface area contributed by atoms with Gasteiger partial charge >= 0.3 is 0 Å². The van der Waals surface area contributed by atoms with Crippen LogP contribution in [0.15, 0.2) is 53.1 Å². The van der Waals surface area contributed by atoms with Crippen LogP contribution in [0.3, 0.4) is 0 Å². The van der Waals surface area contributed by atoms with Gasteiger partial charge in [0.2, 0.25) is 5.91 Å². The molecule has 0 aliphatic rings. The van der Waals surface area contributed by atoms with E-state index in [1.807, 2.05) is 44.4 Å². The Kier molecular flexibility index (Phi) is 7.22. The number of nitrogens with zero attached hydrogens (tertiary/aromatic N) is 1. The molecule has 0 aliphatic carbocycles. The lowest BCUT2D eigenvalue weighted by atomic mass is 10.0. The Morgan fingerprint density at radius 3 is 2.52 bits per heavy atom. The standard InChI is InChI=1S/C19H25N3O3/c1-22(2)12-7-11-20-18(23)16(14-15-8-4-3-5-9-15)21-19(24)17-10-6-13-25-17/h3-6,8-10,13,16H,7,11-12,14H2,1-2H3,(H,20,23)(H,21,24). The van der Waals surface area contributed by atoms with Crippen molar-refractivity contribution >= 4 is 11.8 Å². The smallest absolute Gasteiger partial charge is 0.287 e. The fourth-order valence-electron chi connectivity index (χ4n) is 2.43. The first kappa shape index (κ1) is 18.7. The number of hydrogen-bond donors (Lipinski definition) is 2. The van der Waals surface area contributed by atoms with Gasteiger partial charge < -0.3 is 20.0 Å². The van der Waals surface area contributed by atoms with E-state index in [1.165, 1.54) is 6.26 Å². The maximum atomic E-state index is 12.5. The van der Waals surface area contributed by atoms with Crippen molar-refractivity contribution in [1.29, 1.82) is 0 Å². The molecule has 1 atom stereocenters. The molecule has 2 amide bonds. The summed E-state index contributed by atoms with van der Waals surface area (Å²) in [4.78, 5) is 26.8. The highest BCUT2D eigenvalue weighted by Gasteiger charge is 2.22. The predicted molar refractivity (Wildman–Crippen MR) is 96.3 cm³/mol. The van der Waals surface area contributed by atoms with Crippen molar-refractivity contribution in [2.45, 2.75) is 18.9 Å². The number of hydrogen-bond acceptors (Lipinski definition) is 4. The van der Waals surface area contributed by atoms with E-state index in [1.54, 1.807) is 12.1 Å². The highest BCUT2D eigenvalue weighted by atomic mass is 16.3. The van der Waals surface area contributed by atoms with Gasteiger partial charge in [-0.05, 0) is 44.8 Å². The summed E-state index contributed by atoms with van der Waals surface area (Å²) in [6, 6.07) is 12.2. The Balaban J connectivity index is 1.98. The second kappa shape index (κ2) is 9.64. The quantitative estimate of drug-likeness (QED) is 0.680. The van der Waals surface area contributed by atoms with Gasteiger partial charge in [0, 0.05) is 13.0 Å². The third kappa shape index (κ3) is 6.43. The molecule has 6 heteroatoms. The van der Waals surface area contributed by atoms with Crippen LogP contribution in [-0.4, -0.2) is 49.9 Å². The molecule has 2 aromatic rings. The van der Waals surface area contributed by atoms with Crippen LogP contribution in [0.4, 0.5) is 0 Å². The zero-order valence-electron chi connectivity index (χ0n) is 14.7. The van der Waals surface area contributed by atoms with Crippen molar-refractivity contribution in [3.63, 3.8) is 0 Å². The van der Waals surface area contributed by atoms with Gasteiger partial charge in [-0.1, -0.05) is 30.3 Å². The summed E-state index contributed by atoms with van der Waals surface area (Å²) in [5, 5.41) is 5.66. The second-order valence-electron chi connectivity index (χ2n) is 6.14. The molecule has 1 aromatic carbocycles. The number of benzene rings is 1. The van der Waals surface area contributed by atoms with Gasteiger partial charge in [-0.25, -0.2) is 0 Å². The monoisotopic (exact) mass is 343 g/mol. The fourth-order valence-corrected chi connectivity index (χ4v) is 2.43. The zero-order chi connectivity index (χ0) is 18.1. The summed E-state index contributed by atoms with van der Waals surface area (Å²) in [5.74, 6) is -0.393. The molecule has 0 fully saturated rings. The lowest BCUT2D eigenvalue weighted by molar-refractivity contribution is -0.122. The van der Waals surface area contributed by atoms with Gasteiger partial charge in [-0.2, -0.15) is 0 Å². The maximum Gasteiger partial charge on any atom is 0.287 e. The number of nitrogens with one attached hydrogen (secondary N) is 2. The number of carbonyl (C=O) groups is 2. The Labute approximate surface area is 148 Å². The molecule has 2 rings (SSSR count). The summed E-state index contributed by atoms with van der Waals surface area (Å²) in [7, 11) is 3.98. The van der Waals surface area contributed by atoms with Crippen molar-refractivity contribution in [2.75, 3.05) is 27.2 Å². The maximum absolute atomic E-state index is 12.5. The molecular formula is C19H25N3O3. The van der Waals surface area contributed by atoms with E-state index in [0.29, 0.717) is 13.0 Å². The lowest BCUT2D eigenvalue weighted by Crippen LogP contribution is -2.48. The van der Waals surface area contributed by atoms with Gasteiger partial charge in [0.1, 0.15) is 6.04 Å². The molecule has 0 aliphatic heterocycles. The minimum absolute atomic E-state index is 0.192. The first-order valence-electron chi connectivity index (χ1n) is 8.37.